The summed E-state index contributed by atoms with van der Waals surface area (Å²) in [7, 11) is 0. The molecule has 3 N–H and O–H groups in total. The van der Waals surface area contributed by atoms with E-state index < -0.39 is 0 Å². The Labute approximate surface area is 118 Å². The topological polar surface area (TPSA) is 41.3 Å². The van der Waals surface area contributed by atoms with E-state index in [9.17, 15) is 0 Å². The highest BCUT2D eigenvalue weighted by Gasteiger charge is 2.20. The summed E-state index contributed by atoms with van der Waals surface area (Å²) in [6, 6.07) is 5.53. The van der Waals surface area contributed by atoms with Gasteiger partial charge in [-0.1, -0.05) is 35.7 Å². The predicted molar refractivity (Wildman–Crippen MR) is 76.8 cm³/mol. The Hall–Kier alpha value is -0.320. The molecule has 0 aliphatic carbocycles. The van der Waals surface area contributed by atoms with Gasteiger partial charge in [0.15, 0.2) is 0 Å². The molecule has 2 rings (SSSR count). The number of rotatable bonds is 4. The molecular formula is C13H19Cl2N3. The minimum atomic E-state index is -0.0238. The number of nitrogens with two attached hydrogens (primary N) is 1. The molecule has 0 spiro atoms. The van der Waals surface area contributed by atoms with Crippen LogP contribution < -0.4 is 11.2 Å². The van der Waals surface area contributed by atoms with Gasteiger partial charge in [0.1, 0.15) is 0 Å². The number of piperidine rings is 1. The maximum atomic E-state index is 6.22. The van der Waals surface area contributed by atoms with Gasteiger partial charge in [-0.2, -0.15) is 0 Å². The van der Waals surface area contributed by atoms with Gasteiger partial charge < -0.3 is 5.73 Å². The van der Waals surface area contributed by atoms with E-state index in [1.807, 2.05) is 18.2 Å². The van der Waals surface area contributed by atoms with Gasteiger partial charge in [-0.05, 0) is 25.0 Å². The molecule has 5 heteroatoms. The van der Waals surface area contributed by atoms with Crippen molar-refractivity contribution in [3.63, 3.8) is 0 Å². The fourth-order valence-corrected chi connectivity index (χ4v) is 2.98. The predicted octanol–water partition coefficient (Wildman–Crippen LogP) is 2.98. The highest BCUT2D eigenvalue weighted by molar-refractivity contribution is 6.36. The number of halogens is 2. The van der Waals surface area contributed by atoms with Crippen LogP contribution in [-0.4, -0.2) is 24.6 Å². The van der Waals surface area contributed by atoms with Crippen LogP contribution in [0.15, 0.2) is 18.2 Å². The van der Waals surface area contributed by atoms with Crippen molar-refractivity contribution < 1.29 is 0 Å². The molecule has 1 aromatic carbocycles. The molecule has 1 aromatic rings. The zero-order valence-corrected chi connectivity index (χ0v) is 11.8. The Morgan fingerprint density at radius 1 is 1.17 bits per heavy atom. The number of hydrazine groups is 1. The Morgan fingerprint density at radius 2 is 1.78 bits per heavy atom. The third-order valence-corrected chi connectivity index (χ3v) is 3.94. The lowest BCUT2D eigenvalue weighted by Gasteiger charge is -2.32. The Bertz CT molecular complexity index is 372. The molecular weight excluding hydrogens is 269 g/mol. The zero-order valence-electron chi connectivity index (χ0n) is 10.3. The molecule has 100 valence electrons. The van der Waals surface area contributed by atoms with Crippen molar-refractivity contribution in [3.8, 4) is 0 Å². The fourth-order valence-electron chi connectivity index (χ4n) is 2.32. The molecule has 0 radical (unpaired) electrons. The number of nitrogens with one attached hydrogen (secondary N) is 1. The van der Waals surface area contributed by atoms with Crippen LogP contribution in [0.4, 0.5) is 0 Å². The Morgan fingerprint density at radius 3 is 2.33 bits per heavy atom. The van der Waals surface area contributed by atoms with Crippen LogP contribution in [0.2, 0.25) is 10.0 Å². The third-order valence-electron chi connectivity index (χ3n) is 3.28. The first-order valence-electron chi connectivity index (χ1n) is 6.37. The van der Waals surface area contributed by atoms with E-state index in [0.717, 1.165) is 18.7 Å². The fraction of sp³-hybridized carbons (Fsp3) is 0.538. The standard InChI is InChI=1S/C13H19Cl2N3/c14-10-5-4-6-11(15)13(10)12(9-16)17-18-7-2-1-3-8-18/h4-6,12,17H,1-3,7-9,16H2. The van der Waals surface area contributed by atoms with Gasteiger partial charge in [0.2, 0.25) is 0 Å². The molecule has 1 aliphatic rings. The maximum absolute atomic E-state index is 6.22. The monoisotopic (exact) mass is 287 g/mol. The first kappa shape index (κ1) is 14.1. The van der Waals surface area contributed by atoms with Gasteiger partial charge in [-0.15, -0.1) is 0 Å². The van der Waals surface area contributed by atoms with Crippen LogP contribution in [0.5, 0.6) is 0 Å². The van der Waals surface area contributed by atoms with Crippen molar-refractivity contribution in [1.82, 2.24) is 10.4 Å². The number of hydrogen-bond donors (Lipinski definition) is 2. The summed E-state index contributed by atoms with van der Waals surface area (Å²) in [6.07, 6.45) is 3.75. The van der Waals surface area contributed by atoms with Gasteiger partial charge in [0, 0.05) is 35.2 Å². The highest BCUT2D eigenvalue weighted by atomic mass is 35.5. The minimum absolute atomic E-state index is 0.0238. The maximum Gasteiger partial charge on any atom is 0.0616 e. The van der Waals surface area contributed by atoms with E-state index in [2.05, 4.69) is 10.4 Å². The number of nitrogens with zero attached hydrogens (tertiary/aromatic N) is 1. The van der Waals surface area contributed by atoms with E-state index in [-0.39, 0.29) is 6.04 Å². The number of benzene rings is 1. The second kappa shape index (κ2) is 6.73. The molecule has 1 saturated heterocycles. The summed E-state index contributed by atoms with van der Waals surface area (Å²) >= 11 is 12.4. The van der Waals surface area contributed by atoms with Gasteiger partial charge in [-0.25, -0.2) is 10.4 Å². The van der Waals surface area contributed by atoms with E-state index in [1.54, 1.807) is 0 Å². The van der Waals surface area contributed by atoms with E-state index in [4.69, 9.17) is 28.9 Å². The smallest absolute Gasteiger partial charge is 0.0616 e. The summed E-state index contributed by atoms with van der Waals surface area (Å²) in [6.45, 7) is 2.58. The average molecular weight is 288 g/mol. The Balaban J connectivity index is 2.12. The SMILES string of the molecule is NCC(NN1CCCCC1)c1c(Cl)cccc1Cl. The van der Waals surface area contributed by atoms with Gasteiger partial charge in [-0.3, -0.25) is 0 Å². The summed E-state index contributed by atoms with van der Waals surface area (Å²) < 4.78 is 0. The largest absolute Gasteiger partial charge is 0.329 e. The molecule has 1 atom stereocenters. The normalized spacial score (nSPS) is 18.8. The molecule has 0 amide bonds. The molecule has 0 bridgehead atoms. The van der Waals surface area contributed by atoms with E-state index in [0.29, 0.717) is 16.6 Å². The van der Waals surface area contributed by atoms with Crippen molar-refractivity contribution in [1.29, 1.82) is 0 Å². The molecule has 1 heterocycles. The van der Waals surface area contributed by atoms with Gasteiger partial charge in [0.25, 0.3) is 0 Å². The van der Waals surface area contributed by atoms with Crippen molar-refractivity contribution in [3.05, 3.63) is 33.8 Å². The summed E-state index contributed by atoms with van der Waals surface area (Å²) in [5.41, 5.74) is 10.2. The van der Waals surface area contributed by atoms with Crippen LogP contribution in [0.25, 0.3) is 0 Å². The van der Waals surface area contributed by atoms with Crippen LogP contribution in [0, 0.1) is 0 Å². The first-order valence-corrected chi connectivity index (χ1v) is 7.13. The molecule has 18 heavy (non-hydrogen) atoms. The lowest BCUT2D eigenvalue weighted by Crippen LogP contribution is -2.45. The van der Waals surface area contributed by atoms with Gasteiger partial charge in [0.05, 0.1) is 6.04 Å². The molecule has 1 fully saturated rings. The van der Waals surface area contributed by atoms with Crippen LogP contribution in [0.1, 0.15) is 30.9 Å². The van der Waals surface area contributed by atoms with E-state index in [1.165, 1.54) is 19.3 Å². The van der Waals surface area contributed by atoms with Crippen molar-refractivity contribution in [2.75, 3.05) is 19.6 Å². The van der Waals surface area contributed by atoms with Crippen molar-refractivity contribution in [2.45, 2.75) is 25.3 Å². The lowest BCUT2D eigenvalue weighted by molar-refractivity contribution is 0.130. The molecule has 3 nitrogen and oxygen atoms in total. The highest BCUT2D eigenvalue weighted by Crippen LogP contribution is 2.30. The quantitative estimate of drug-likeness (QED) is 0.895. The molecule has 1 aliphatic heterocycles. The molecule has 0 saturated carbocycles. The van der Waals surface area contributed by atoms with Crippen molar-refractivity contribution in [2.24, 2.45) is 5.73 Å². The summed E-state index contributed by atoms with van der Waals surface area (Å²) in [4.78, 5) is 0. The van der Waals surface area contributed by atoms with Crippen molar-refractivity contribution >= 4 is 23.2 Å². The summed E-state index contributed by atoms with van der Waals surface area (Å²) in [5, 5.41) is 3.56. The second-order valence-corrected chi connectivity index (χ2v) is 5.41. The lowest BCUT2D eigenvalue weighted by atomic mass is 10.1. The second-order valence-electron chi connectivity index (χ2n) is 4.60. The zero-order chi connectivity index (χ0) is 13.0. The Kier molecular flexibility index (Phi) is 5.27. The molecule has 0 aromatic heterocycles. The first-order chi connectivity index (χ1) is 8.72. The molecule has 1 unspecified atom stereocenters. The van der Waals surface area contributed by atoms with E-state index >= 15 is 0 Å². The number of hydrogen-bond acceptors (Lipinski definition) is 3. The summed E-state index contributed by atoms with van der Waals surface area (Å²) in [5.74, 6) is 0. The van der Waals surface area contributed by atoms with Crippen LogP contribution >= 0.6 is 23.2 Å². The third kappa shape index (κ3) is 3.37. The van der Waals surface area contributed by atoms with Crippen LogP contribution in [-0.2, 0) is 0 Å². The van der Waals surface area contributed by atoms with Gasteiger partial charge >= 0.3 is 0 Å². The average Bonchev–Trinajstić information content (AvgIpc) is 2.38. The minimum Gasteiger partial charge on any atom is -0.329 e. The van der Waals surface area contributed by atoms with Crippen LogP contribution in [0.3, 0.4) is 0 Å².